The van der Waals surface area contributed by atoms with Crippen LogP contribution in [0.4, 0.5) is 5.69 Å². The Kier molecular flexibility index (Phi) is 3.62. The number of halogens is 2. The second-order valence-electron chi connectivity index (χ2n) is 3.14. The van der Waals surface area contributed by atoms with Gasteiger partial charge in [0, 0.05) is 14.1 Å². The van der Waals surface area contributed by atoms with E-state index in [1.807, 2.05) is 19.0 Å². The summed E-state index contributed by atoms with van der Waals surface area (Å²) >= 11 is 12.1. The fraction of sp³-hybridized carbons (Fsp3) is 0.300. The standard InChI is InChI=1S/C10H10Cl2N2/c1-14(2)10-8(11)5-7(3-4-13)6-9(10)12/h5-6H,3H2,1-2H3. The van der Waals surface area contributed by atoms with Crippen LogP contribution in [-0.4, -0.2) is 14.1 Å². The highest BCUT2D eigenvalue weighted by molar-refractivity contribution is 6.39. The van der Waals surface area contributed by atoms with Crippen molar-refractivity contribution in [2.45, 2.75) is 6.42 Å². The van der Waals surface area contributed by atoms with Gasteiger partial charge in [-0.05, 0) is 17.7 Å². The van der Waals surface area contributed by atoms with Crippen molar-refractivity contribution >= 4 is 28.9 Å². The zero-order valence-corrected chi connectivity index (χ0v) is 9.52. The summed E-state index contributed by atoms with van der Waals surface area (Å²) in [7, 11) is 3.74. The Balaban J connectivity index is 3.19. The number of hydrogen-bond donors (Lipinski definition) is 0. The Labute approximate surface area is 93.7 Å². The quantitative estimate of drug-likeness (QED) is 0.778. The van der Waals surface area contributed by atoms with Crippen molar-refractivity contribution in [3.8, 4) is 6.07 Å². The Bertz CT molecular complexity index is 357. The fourth-order valence-corrected chi connectivity index (χ4v) is 2.11. The van der Waals surface area contributed by atoms with Gasteiger partial charge in [0.25, 0.3) is 0 Å². The van der Waals surface area contributed by atoms with E-state index in [0.29, 0.717) is 16.5 Å². The number of anilines is 1. The molecule has 2 nitrogen and oxygen atoms in total. The van der Waals surface area contributed by atoms with Gasteiger partial charge in [0.05, 0.1) is 28.2 Å². The minimum atomic E-state index is 0.327. The number of nitriles is 1. The second-order valence-corrected chi connectivity index (χ2v) is 3.95. The SMILES string of the molecule is CN(C)c1c(Cl)cc(CC#N)cc1Cl. The summed E-state index contributed by atoms with van der Waals surface area (Å²) in [5.41, 5.74) is 1.63. The molecule has 0 radical (unpaired) electrons. The lowest BCUT2D eigenvalue weighted by Gasteiger charge is -2.16. The fourth-order valence-electron chi connectivity index (χ4n) is 1.24. The molecule has 0 unspecified atom stereocenters. The molecule has 1 aromatic rings. The summed E-state index contributed by atoms with van der Waals surface area (Å²) in [6.07, 6.45) is 0.327. The third-order valence-corrected chi connectivity index (χ3v) is 2.38. The summed E-state index contributed by atoms with van der Waals surface area (Å²) in [5.74, 6) is 0. The molecule has 0 aliphatic carbocycles. The number of hydrogen-bond acceptors (Lipinski definition) is 2. The van der Waals surface area contributed by atoms with Gasteiger partial charge in [-0.1, -0.05) is 23.2 Å². The van der Waals surface area contributed by atoms with E-state index in [-0.39, 0.29) is 0 Å². The van der Waals surface area contributed by atoms with Crippen LogP contribution in [-0.2, 0) is 6.42 Å². The normalized spacial score (nSPS) is 9.64. The highest BCUT2D eigenvalue weighted by atomic mass is 35.5. The maximum atomic E-state index is 8.53. The first kappa shape index (κ1) is 11.2. The average molecular weight is 229 g/mol. The van der Waals surface area contributed by atoms with Crippen LogP contribution < -0.4 is 4.90 Å². The lowest BCUT2D eigenvalue weighted by molar-refractivity contribution is 1.13. The van der Waals surface area contributed by atoms with Gasteiger partial charge in [-0.15, -0.1) is 0 Å². The van der Waals surface area contributed by atoms with Crippen molar-refractivity contribution in [1.82, 2.24) is 0 Å². The van der Waals surface area contributed by atoms with E-state index in [0.717, 1.165) is 11.3 Å². The van der Waals surface area contributed by atoms with Crippen LogP contribution in [0, 0.1) is 11.3 Å². The Morgan fingerprint density at radius 1 is 1.29 bits per heavy atom. The van der Waals surface area contributed by atoms with E-state index in [2.05, 4.69) is 6.07 Å². The smallest absolute Gasteiger partial charge is 0.0739 e. The van der Waals surface area contributed by atoms with Gasteiger partial charge in [-0.25, -0.2) is 0 Å². The minimum absolute atomic E-state index is 0.327. The molecule has 0 aliphatic heterocycles. The van der Waals surface area contributed by atoms with Crippen molar-refractivity contribution in [2.24, 2.45) is 0 Å². The molecule has 14 heavy (non-hydrogen) atoms. The van der Waals surface area contributed by atoms with Crippen LogP contribution in [0.3, 0.4) is 0 Å². The van der Waals surface area contributed by atoms with Crippen LogP contribution in [0.1, 0.15) is 5.56 Å². The van der Waals surface area contributed by atoms with Crippen molar-refractivity contribution in [2.75, 3.05) is 19.0 Å². The third kappa shape index (κ3) is 2.31. The van der Waals surface area contributed by atoms with Crippen molar-refractivity contribution < 1.29 is 0 Å². The highest BCUT2D eigenvalue weighted by Gasteiger charge is 2.09. The maximum absolute atomic E-state index is 8.53. The molecule has 1 rings (SSSR count). The van der Waals surface area contributed by atoms with Gasteiger partial charge < -0.3 is 4.90 Å². The van der Waals surface area contributed by atoms with Crippen molar-refractivity contribution in [1.29, 1.82) is 5.26 Å². The number of benzene rings is 1. The number of nitrogens with zero attached hydrogens (tertiary/aromatic N) is 2. The largest absolute Gasteiger partial charge is 0.375 e. The van der Waals surface area contributed by atoms with Crippen molar-refractivity contribution in [3.63, 3.8) is 0 Å². The van der Waals surface area contributed by atoms with E-state index in [9.17, 15) is 0 Å². The molecule has 1 aromatic carbocycles. The van der Waals surface area contributed by atoms with E-state index in [1.54, 1.807) is 12.1 Å². The summed E-state index contributed by atoms with van der Waals surface area (Å²) in [4.78, 5) is 1.85. The summed E-state index contributed by atoms with van der Waals surface area (Å²) in [6.45, 7) is 0. The van der Waals surface area contributed by atoms with Crippen molar-refractivity contribution in [3.05, 3.63) is 27.7 Å². The van der Waals surface area contributed by atoms with E-state index >= 15 is 0 Å². The zero-order chi connectivity index (χ0) is 10.7. The molecule has 0 amide bonds. The topological polar surface area (TPSA) is 27.0 Å². The molecule has 0 aliphatic rings. The van der Waals surface area contributed by atoms with Gasteiger partial charge in [-0.3, -0.25) is 0 Å². The molecule has 0 saturated heterocycles. The van der Waals surface area contributed by atoms with E-state index < -0.39 is 0 Å². The molecule has 0 saturated carbocycles. The highest BCUT2D eigenvalue weighted by Crippen LogP contribution is 2.33. The molecular weight excluding hydrogens is 219 g/mol. The van der Waals surface area contributed by atoms with Crippen LogP contribution in [0.25, 0.3) is 0 Å². The predicted molar refractivity (Wildman–Crippen MR) is 60.1 cm³/mol. The third-order valence-electron chi connectivity index (χ3n) is 1.81. The summed E-state index contributed by atoms with van der Waals surface area (Å²) in [5, 5.41) is 9.69. The monoisotopic (exact) mass is 228 g/mol. The Morgan fingerprint density at radius 2 is 1.79 bits per heavy atom. The molecule has 0 bridgehead atoms. The molecule has 0 N–H and O–H groups in total. The molecular formula is C10H10Cl2N2. The lowest BCUT2D eigenvalue weighted by Crippen LogP contribution is -2.10. The van der Waals surface area contributed by atoms with Crippen LogP contribution in [0.15, 0.2) is 12.1 Å². The molecule has 0 fully saturated rings. The minimum Gasteiger partial charge on any atom is -0.375 e. The Hall–Kier alpha value is -0.910. The molecule has 4 heteroatoms. The predicted octanol–water partition coefficient (Wildman–Crippen LogP) is 3.13. The molecule has 0 spiro atoms. The summed E-state index contributed by atoms with van der Waals surface area (Å²) in [6, 6.07) is 5.60. The summed E-state index contributed by atoms with van der Waals surface area (Å²) < 4.78 is 0. The van der Waals surface area contributed by atoms with Gasteiger partial charge in [0.1, 0.15) is 0 Å². The molecule has 0 aromatic heterocycles. The van der Waals surface area contributed by atoms with Crippen LogP contribution in [0.2, 0.25) is 10.0 Å². The van der Waals surface area contributed by atoms with Gasteiger partial charge in [-0.2, -0.15) is 5.26 Å². The zero-order valence-electron chi connectivity index (χ0n) is 8.01. The first-order valence-corrected chi connectivity index (χ1v) is 4.84. The molecule has 74 valence electrons. The van der Waals surface area contributed by atoms with E-state index in [4.69, 9.17) is 28.5 Å². The van der Waals surface area contributed by atoms with Gasteiger partial charge >= 0.3 is 0 Å². The maximum Gasteiger partial charge on any atom is 0.0739 e. The lowest BCUT2D eigenvalue weighted by atomic mass is 10.1. The van der Waals surface area contributed by atoms with E-state index in [1.165, 1.54) is 0 Å². The Morgan fingerprint density at radius 3 is 2.14 bits per heavy atom. The average Bonchev–Trinajstić information content (AvgIpc) is 2.01. The second kappa shape index (κ2) is 4.54. The van der Waals surface area contributed by atoms with Gasteiger partial charge in [0.2, 0.25) is 0 Å². The van der Waals surface area contributed by atoms with Gasteiger partial charge in [0.15, 0.2) is 0 Å². The first-order chi connectivity index (χ1) is 6.56. The first-order valence-electron chi connectivity index (χ1n) is 4.08. The van der Waals surface area contributed by atoms with Crippen LogP contribution in [0.5, 0.6) is 0 Å². The molecule has 0 heterocycles. The molecule has 0 atom stereocenters. The number of rotatable bonds is 2. The van der Waals surface area contributed by atoms with Crippen LogP contribution >= 0.6 is 23.2 Å².